The van der Waals surface area contributed by atoms with Crippen LogP contribution in [0.5, 0.6) is 0 Å². The topological polar surface area (TPSA) is 0 Å². The normalized spacial score (nSPS) is 21.8. The molecule has 0 aromatic carbocycles. The van der Waals surface area contributed by atoms with Crippen molar-refractivity contribution in [1.82, 2.24) is 0 Å². The summed E-state index contributed by atoms with van der Waals surface area (Å²) < 4.78 is 179. The minimum absolute atomic E-state index is 0. The van der Waals surface area contributed by atoms with Crippen molar-refractivity contribution in [3.05, 3.63) is 22.3 Å². The van der Waals surface area contributed by atoms with Gasteiger partial charge in [0.15, 0.2) is 0 Å². The van der Waals surface area contributed by atoms with E-state index < -0.39 is 58.4 Å². The van der Waals surface area contributed by atoms with E-state index in [9.17, 15) is 50.6 Å². The molecule has 0 unspecified atom stereocenters. The molecule has 0 bridgehead atoms. The van der Waals surface area contributed by atoms with Crippen LogP contribution in [0, 0.1) is 5.92 Å². The van der Waals surface area contributed by atoms with Crippen molar-refractivity contribution < 1.29 is 70.7 Å². The Morgan fingerprint density at radius 1 is 0.406 bits per heavy atom. The number of rotatable bonds is 0. The number of hydrogen-bond donors (Lipinski definition) is 0. The van der Waals surface area contributed by atoms with E-state index in [0.717, 1.165) is 0 Å². The molecule has 1 rings (SSSR count). The summed E-state index contributed by atoms with van der Waals surface area (Å²) in [6.07, 6.45) is 0. The van der Waals surface area contributed by atoms with Crippen LogP contribution in [0.2, 0.25) is 0 Å². The second-order valence-corrected chi connectivity index (χ2v) is 22.6. The fraction of sp³-hybridized carbons (Fsp3) is 0.600. The summed E-state index contributed by atoms with van der Waals surface area (Å²) in [4.78, 5) is 0. The average molecular weight is 1040 g/mol. The predicted molar refractivity (Wildman–Crippen MR) is 83.1 cm³/mol. The zero-order valence-electron chi connectivity index (χ0n) is 16.1. The van der Waals surface area contributed by atoms with Gasteiger partial charge in [0.05, 0.1) is 0 Å². The van der Waals surface area contributed by atoms with Gasteiger partial charge in [-0.25, -0.2) is 0 Å². The summed E-state index contributed by atoms with van der Waals surface area (Å²) in [7, 11) is 0. The Morgan fingerprint density at radius 2 is 0.500 bits per heavy atom. The number of halogens is 18. The van der Waals surface area contributed by atoms with E-state index in [1.807, 2.05) is 0 Å². The third-order valence-corrected chi connectivity index (χ3v) is 3.04. The molecule has 206 valence electrons. The summed E-state index contributed by atoms with van der Waals surface area (Å²) in [6.45, 7) is 11.2. The van der Waals surface area contributed by atoms with Crippen molar-refractivity contribution in [3.8, 4) is 0 Å². The zero-order chi connectivity index (χ0) is 27.1. The molecule has 32 heavy (non-hydrogen) atoms. The summed E-state index contributed by atoms with van der Waals surface area (Å²) in [5.41, 5.74) is 6.11. The molecule has 0 aromatic rings. The Bertz CT molecular complexity index is 618. The third kappa shape index (κ3) is 63.3. The van der Waals surface area contributed by atoms with Crippen LogP contribution in [0.15, 0.2) is 22.3 Å². The van der Waals surface area contributed by atoms with Gasteiger partial charge in [-0.1, -0.05) is 18.1 Å². The number of hydrogen-bond acceptors (Lipinski definition) is 0. The first-order chi connectivity index (χ1) is 11.9. The van der Waals surface area contributed by atoms with Crippen molar-refractivity contribution in [3.63, 3.8) is 0 Å². The van der Waals surface area contributed by atoms with Gasteiger partial charge in [0, 0.05) is 0 Å². The Hall–Kier alpha value is 1.32. The molecule has 0 nitrogen and oxygen atoms in total. The molecule has 0 spiro atoms. The first-order valence-corrected chi connectivity index (χ1v) is 24.3. The van der Waals surface area contributed by atoms with Gasteiger partial charge in [0.25, 0.3) is 0 Å². The maximum atomic E-state index is 9.93. The Kier molecular flexibility index (Phi) is 10.7. The quantitative estimate of drug-likeness (QED) is 0.168. The van der Waals surface area contributed by atoms with E-state index in [2.05, 4.69) is 34.6 Å². The van der Waals surface area contributed by atoms with Crippen molar-refractivity contribution in [2.75, 3.05) is 0 Å². The fourth-order valence-corrected chi connectivity index (χ4v) is 1.57. The summed E-state index contributed by atoms with van der Waals surface area (Å²) >= 11 is -33.8. The average Bonchev–Trinajstić information content (AvgIpc) is 2.34. The van der Waals surface area contributed by atoms with E-state index in [0.29, 0.717) is 5.92 Å². The molecule has 0 radical (unpaired) electrons. The first kappa shape index (κ1) is 40.5. The first-order valence-electron chi connectivity index (χ1n) is 6.95. The van der Waals surface area contributed by atoms with Crippen LogP contribution in [0.25, 0.3) is 0 Å². The molecule has 0 saturated carbocycles. The van der Waals surface area contributed by atoms with E-state index >= 15 is 0 Å². The maximum absolute atomic E-state index is 11.2. The molecule has 0 heterocycles. The van der Waals surface area contributed by atoms with Crippen molar-refractivity contribution in [2.45, 2.75) is 34.6 Å². The monoisotopic (exact) mass is 1030 g/mol. The molecule has 0 atom stereocenters. The molecule has 1 aliphatic rings. The van der Waals surface area contributed by atoms with Crippen LogP contribution in [0.4, 0.5) is 50.6 Å². The molecule has 0 amide bonds. The summed E-state index contributed by atoms with van der Waals surface area (Å²) in [6, 6.07) is 0. The predicted octanol–water partition coefficient (Wildman–Crippen LogP) is 9.73. The van der Waals surface area contributed by atoms with Gasteiger partial charge in [-0.15, -0.1) is 0 Å². The van der Waals surface area contributed by atoms with E-state index in [-0.39, 0.29) is 20.1 Å². The van der Waals surface area contributed by atoms with E-state index in [1.54, 1.807) is 11.1 Å². The van der Waals surface area contributed by atoms with Gasteiger partial charge in [0.1, 0.15) is 0 Å². The van der Waals surface area contributed by atoms with Crippen molar-refractivity contribution in [2.24, 2.45) is 5.92 Å². The van der Waals surface area contributed by atoms with Crippen LogP contribution >= 0.6 is 0 Å². The van der Waals surface area contributed by atoms with Crippen LogP contribution in [0.3, 0.4) is 0 Å². The Balaban J connectivity index is -0.000000164. The second kappa shape index (κ2) is 8.43. The Morgan fingerprint density at radius 3 is 0.531 bits per heavy atom. The van der Waals surface area contributed by atoms with Crippen molar-refractivity contribution >= 4 is 58.4 Å². The SMILES string of the molecule is CC1=C(C)C(C)C(C)=C1C.[F][Sb-]([F])([F])([F])([F])[F].[F][Sb-]([F])([F])([F])([F])[F].[F][Sb-]([F])([F])([F])([F])[F].[Ir+3]. The van der Waals surface area contributed by atoms with Gasteiger partial charge in [-0.2, -0.15) is 0 Å². The van der Waals surface area contributed by atoms with Gasteiger partial charge in [0.2, 0.25) is 0 Å². The molecular formula is C10H16F18IrSb3. The zero-order valence-corrected chi connectivity index (χ0v) is 26.1. The molecular weight excluding hydrogens is 1020 g/mol. The van der Waals surface area contributed by atoms with Gasteiger partial charge in [-0.05, 0) is 44.8 Å². The second-order valence-electron chi connectivity index (χ2n) is 6.21. The summed E-state index contributed by atoms with van der Waals surface area (Å²) in [5.74, 6) is 0.694. The minimum Gasteiger partial charge on any atom is 3.00 e. The molecule has 0 N–H and O–H groups in total. The molecule has 1 aliphatic carbocycles. The fourth-order valence-electron chi connectivity index (χ4n) is 1.57. The minimum atomic E-state index is -11.2. The van der Waals surface area contributed by atoms with Crippen molar-refractivity contribution in [1.29, 1.82) is 0 Å². The standard InChI is InChI=1S/C10H16.18FH.Ir.3Sb/c1-6-7(2)9(4)10(5)8(6)3;;;;;;;;;;;;;;;;;;;;;;/h6H,1-5H3;18*1H;;;;/q;;;;;;;;;;;;;;;;;;;+3;3*+5/p-18. The third-order valence-electron chi connectivity index (χ3n) is 3.04. The maximum Gasteiger partial charge on any atom is 3.00 e. The van der Waals surface area contributed by atoms with Crippen LogP contribution in [-0.4, -0.2) is 58.4 Å². The van der Waals surface area contributed by atoms with E-state index in [4.69, 9.17) is 0 Å². The van der Waals surface area contributed by atoms with E-state index in [1.165, 1.54) is 11.1 Å². The molecule has 0 saturated heterocycles. The largest absolute Gasteiger partial charge is 3.00 e. The van der Waals surface area contributed by atoms with Gasteiger partial charge >= 0.3 is 129 Å². The smallest absolute Gasteiger partial charge is 3.00 e. The van der Waals surface area contributed by atoms with Gasteiger partial charge < -0.3 is 0 Å². The summed E-state index contributed by atoms with van der Waals surface area (Å²) in [5, 5.41) is 0. The van der Waals surface area contributed by atoms with Gasteiger partial charge in [-0.3, -0.25) is 0 Å². The van der Waals surface area contributed by atoms with Crippen LogP contribution < -0.4 is 0 Å². The van der Waals surface area contributed by atoms with Crippen LogP contribution in [-0.2, 0) is 20.1 Å². The van der Waals surface area contributed by atoms with Crippen LogP contribution in [0.1, 0.15) is 34.6 Å². The Labute approximate surface area is 190 Å². The molecule has 0 aliphatic heterocycles. The number of allylic oxidation sites excluding steroid dienone is 4. The molecule has 22 heteroatoms. The molecule has 0 fully saturated rings. The molecule has 0 aromatic heterocycles.